The van der Waals surface area contributed by atoms with E-state index in [-0.39, 0.29) is 0 Å². The van der Waals surface area contributed by atoms with Crippen molar-refractivity contribution >= 4 is 5.82 Å². The molecular weight excluding hydrogens is 266 g/mol. The SMILES string of the molecule is C[C@H](Oc1ccc(C(F)(F)F)c(N)n1)C(F)(F)F. The van der Waals surface area contributed by atoms with Gasteiger partial charge in [-0.3, -0.25) is 0 Å². The van der Waals surface area contributed by atoms with Crippen molar-refractivity contribution in [2.24, 2.45) is 0 Å². The van der Waals surface area contributed by atoms with Gasteiger partial charge in [0.25, 0.3) is 0 Å². The molecule has 0 aliphatic heterocycles. The summed E-state index contributed by atoms with van der Waals surface area (Å²) in [6.45, 7) is 0.704. The molecule has 0 amide bonds. The summed E-state index contributed by atoms with van der Waals surface area (Å²) < 4.78 is 77.6. The maximum Gasteiger partial charge on any atom is 0.425 e. The number of ether oxygens (including phenoxy) is 1. The topological polar surface area (TPSA) is 48.1 Å². The molecule has 102 valence electrons. The smallest absolute Gasteiger partial charge is 0.425 e. The first-order valence-electron chi connectivity index (χ1n) is 4.59. The molecule has 1 aromatic rings. The van der Waals surface area contributed by atoms with Crippen LogP contribution in [0.4, 0.5) is 32.2 Å². The third-order valence-corrected chi connectivity index (χ3v) is 1.96. The quantitative estimate of drug-likeness (QED) is 0.843. The Hall–Kier alpha value is -1.67. The number of nitrogens with zero attached hydrogens (tertiary/aromatic N) is 1. The zero-order valence-electron chi connectivity index (χ0n) is 8.93. The van der Waals surface area contributed by atoms with Gasteiger partial charge in [-0.05, 0) is 13.0 Å². The van der Waals surface area contributed by atoms with Crippen LogP contribution in [-0.4, -0.2) is 17.3 Å². The van der Waals surface area contributed by atoms with Crippen LogP contribution in [0.1, 0.15) is 12.5 Å². The summed E-state index contributed by atoms with van der Waals surface area (Å²) in [5.41, 5.74) is 3.77. The number of nitrogen functional groups attached to an aromatic ring is 1. The average molecular weight is 274 g/mol. The fourth-order valence-electron chi connectivity index (χ4n) is 1.01. The second-order valence-corrected chi connectivity index (χ2v) is 3.38. The van der Waals surface area contributed by atoms with Crippen molar-refractivity contribution < 1.29 is 31.1 Å². The van der Waals surface area contributed by atoms with Crippen LogP contribution >= 0.6 is 0 Å². The van der Waals surface area contributed by atoms with Crippen LogP contribution < -0.4 is 10.5 Å². The van der Waals surface area contributed by atoms with E-state index in [0.717, 1.165) is 0 Å². The molecule has 0 spiro atoms. The van der Waals surface area contributed by atoms with E-state index in [9.17, 15) is 26.3 Å². The molecule has 0 aliphatic rings. The molecule has 18 heavy (non-hydrogen) atoms. The number of anilines is 1. The summed E-state index contributed by atoms with van der Waals surface area (Å²) in [4.78, 5) is 3.13. The molecule has 0 bridgehead atoms. The number of hydrogen-bond acceptors (Lipinski definition) is 3. The van der Waals surface area contributed by atoms with Gasteiger partial charge >= 0.3 is 12.4 Å². The first kappa shape index (κ1) is 14.4. The van der Waals surface area contributed by atoms with Gasteiger partial charge in [0.05, 0.1) is 5.56 Å². The molecule has 9 heteroatoms. The number of aromatic nitrogens is 1. The van der Waals surface area contributed by atoms with Gasteiger partial charge in [0.15, 0.2) is 6.10 Å². The average Bonchev–Trinajstić information content (AvgIpc) is 2.13. The van der Waals surface area contributed by atoms with Crippen molar-refractivity contribution in [2.75, 3.05) is 5.73 Å². The fraction of sp³-hybridized carbons (Fsp3) is 0.444. The second kappa shape index (κ2) is 4.54. The highest BCUT2D eigenvalue weighted by atomic mass is 19.4. The normalized spacial score (nSPS) is 14.4. The summed E-state index contributed by atoms with van der Waals surface area (Å²) >= 11 is 0. The van der Waals surface area contributed by atoms with E-state index in [2.05, 4.69) is 9.72 Å². The Balaban J connectivity index is 2.93. The molecule has 0 aromatic carbocycles. The van der Waals surface area contributed by atoms with Gasteiger partial charge in [0.1, 0.15) is 5.82 Å². The highest BCUT2D eigenvalue weighted by molar-refractivity contribution is 5.43. The first-order chi connectivity index (χ1) is 8.01. The van der Waals surface area contributed by atoms with Gasteiger partial charge in [-0.2, -0.15) is 31.3 Å². The minimum atomic E-state index is -4.72. The van der Waals surface area contributed by atoms with Crippen LogP contribution in [0.25, 0.3) is 0 Å². The summed E-state index contributed by atoms with van der Waals surface area (Å²) in [5.74, 6) is -1.56. The first-order valence-corrected chi connectivity index (χ1v) is 4.59. The van der Waals surface area contributed by atoms with Gasteiger partial charge < -0.3 is 10.5 Å². The van der Waals surface area contributed by atoms with Crippen molar-refractivity contribution in [1.82, 2.24) is 4.98 Å². The lowest BCUT2D eigenvalue weighted by Gasteiger charge is -2.17. The summed E-state index contributed by atoms with van der Waals surface area (Å²) in [5, 5.41) is 0. The minimum Gasteiger partial charge on any atom is -0.465 e. The van der Waals surface area contributed by atoms with Crippen LogP contribution in [0.3, 0.4) is 0 Å². The number of rotatable bonds is 2. The van der Waals surface area contributed by atoms with Gasteiger partial charge in [-0.25, -0.2) is 0 Å². The van der Waals surface area contributed by atoms with Crippen molar-refractivity contribution in [3.63, 3.8) is 0 Å². The lowest BCUT2D eigenvalue weighted by molar-refractivity contribution is -0.190. The summed E-state index contributed by atoms with van der Waals surface area (Å²) in [7, 11) is 0. The third kappa shape index (κ3) is 3.41. The Kier molecular flexibility index (Phi) is 3.63. The van der Waals surface area contributed by atoms with E-state index in [1.807, 2.05) is 0 Å². The molecule has 0 saturated carbocycles. The number of nitrogens with two attached hydrogens (primary N) is 1. The molecule has 0 saturated heterocycles. The van der Waals surface area contributed by atoms with Crippen LogP contribution in [0.15, 0.2) is 12.1 Å². The molecular formula is C9H8F6N2O. The van der Waals surface area contributed by atoms with Crippen LogP contribution in [-0.2, 0) is 6.18 Å². The van der Waals surface area contributed by atoms with Crippen molar-refractivity contribution in [1.29, 1.82) is 0 Å². The third-order valence-electron chi connectivity index (χ3n) is 1.96. The Morgan fingerprint density at radius 2 is 1.72 bits per heavy atom. The predicted octanol–water partition coefficient (Wildman–Crippen LogP) is 3.01. The molecule has 1 rings (SSSR count). The molecule has 3 nitrogen and oxygen atoms in total. The number of pyridine rings is 1. The number of hydrogen-bond donors (Lipinski definition) is 1. The van der Waals surface area contributed by atoms with Crippen LogP contribution in [0, 0.1) is 0 Å². The van der Waals surface area contributed by atoms with Crippen molar-refractivity contribution in [3.8, 4) is 5.88 Å². The molecule has 1 heterocycles. The molecule has 0 radical (unpaired) electrons. The molecule has 0 aliphatic carbocycles. The van der Waals surface area contributed by atoms with Crippen LogP contribution in [0.2, 0.25) is 0 Å². The summed E-state index contributed by atoms with van der Waals surface area (Å²) in [6, 6.07) is 1.20. The Labute approximate surface area is 97.6 Å². The Morgan fingerprint density at radius 3 is 2.11 bits per heavy atom. The molecule has 1 atom stereocenters. The summed E-state index contributed by atoms with van der Waals surface area (Å²) in [6.07, 6.45) is -11.6. The van der Waals surface area contributed by atoms with E-state index in [1.54, 1.807) is 0 Å². The highest BCUT2D eigenvalue weighted by Gasteiger charge is 2.39. The Morgan fingerprint density at radius 1 is 1.17 bits per heavy atom. The van der Waals surface area contributed by atoms with Crippen molar-refractivity contribution in [3.05, 3.63) is 17.7 Å². The largest absolute Gasteiger partial charge is 0.465 e. The Bertz CT molecular complexity index is 428. The number of alkyl halides is 6. The maximum atomic E-state index is 12.3. The number of halogens is 6. The van der Waals surface area contributed by atoms with E-state index in [4.69, 9.17) is 5.73 Å². The van der Waals surface area contributed by atoms with E-state index >= 15 is 0 Å². The monoisotopic (exact) mass is 274 g/mol. The minimum absolute atomic E-state index is 0.515. The molecule has 1 aromatic heterocycles. The standard InChI is InChI=1S/C9H8F6N2O/c1-4(8(10,11)12)18-6-3-2-5(7(16)17-6)9(13,14)15/h2-4H,1H3,(H2,16,17)/t4-/m0/s1. The van der Waals surface area contributed by atoms with Gasteiger partial charge in [0, 0.05) is 6.07 Å². The molecule has 0 unspecified atom stereocenters. The van der Waals surface area contributed by atoms with Gasteiger partial charge in [-0.1, -0.05) is 0 Å². The van der Waals surface area contributed by atoms with Gasteiger partial charge in [0.2, 0.25) is 5.88 Å². The van der Waals surface area contributed by atoms with E-state index in [0.29, 0.717) is 19.1 Å². The van der Waals surface area contributed by atoms with E-state index < -0.39 is 35.7 Å². The highest BCUT2D eigenvalue weighted by Crippen LogP contribution is 2.34. The molecule has 0 fully saturated rings. The van der Waals surface area contributed by atoms with Crippen LogP contribution in [0.5, 0.6) is 5.88 Å². The lowest BCUT2D eigenvalue weighted by atomic mass is 10.2. The zero-order valence-corrected chi connectivity index (χ0v) is 8.93. The van der Waals surface area contributed by atoms with Gasteiger partial charge in [-0.15, -0.1) is 0 Å². The second-order valence-electron chi connectivity index (χ2n) is 3.38. The predicted molar refractivity (Wildman–Crippen MR) is 49.8 cm³/mol. The zero-order chi connectivity index (χ0) is 14.1. The molecule has 2 N–H and O–H groups in total. The van der Waals surface area contributed by atoms with E-state index in [1.165, 1.54) is 0 Å². The van der Waals surface area contributed by atoms with Crippen molar-refractivity contribution in [2.45, 2.75) is 25.4 Å². The maximum absolute atomic E-state index is 12.3. The lowest BCUT2D eigenvalue weighted by Crippen LogP contribution is -2.31. The fourth-order valence-corrected chi connectivity index (χ4v) is 1.01.